The van der Waals surface area contributed by atoms with Crippen molar-refractivity contribution in [1.29, 1.82) is 0 Å². The molecule has 0 spiro atoms. The maximum absolute atomic E-state index is 12.5. The van der Waals surface area contributed by atoms with Crippen LogP contribution in [0.3, 0.4) is 0 Å². The molecule has 0 radical (unpaired) electrons. The summed E-state index contributed by atoms with van der Waals surface area (Å²) in [5, 5.41) is 4.56. The van der Waals surface area contributed by atoms with E-state index in [-0.39, 0.29) is 5.92 Å². The van der Waals surface area contributed by atoms with Gasteiger partial charge in [-0.3, -0.25) is 9.48 Å². The van der Waals surface area contributed by atoms with E-state index in [9.17, 15) is 4.79 Å². The summed E-state index contributed by atoms with van der Waals surface area (Å²) in [5.41, 5.74) is 2.10. The molecule has 20 heavy (non-hydrogen) atoms. The highest BCUT2D eigenvalue weighted by molar-refractivity contribution is 9.10. The second kappa shape index (κ2) is 8.60. The van der Waals surface area contributed by atoms with E-state index < -0.39 is 0 Å². The normalized spacial score (nSPS) is 12.7. The zero-order valence-electron chi connectivity index (χ0n) is 13.2. The molecule has 1 heterocycles. The lowest BCUT2D eigenvalue weighted by atomic mass is 9.92. The molecule has 0 N–H and O–H groups in total. The molecule has 0 aromatic carbocycles. The van der Waals surface area contributed by atoms with E-state index in [1.54, 1.807) is 0 Å². The first-order valence-corrected chi connectivity index (χ1v) is 8.64. The van der Waals surface area contributed by atoms with Crippen LogP contribution in [0, 0.1) is 5.92 Å². The number of nitrogens with zero attached hydrogens (tertiary/aromatic N) is 2. The van der Waals surface area contributed by atoms with Gasteiger partial charge in [0.1, 0.15) is 5.78 Å². The Hall–Kier alpha value is -0.640. The summed E-state index contributed by atoms with van der Waals surface area (Å²) in [5.74, 6) is 0.561. The lowest BCUT2D eigenvalue weighted by molar-refractivity contribution is -0.122. The predicted octanol–water partition coefficient (Wildman–Crippen LogP) is 4.56. The van der Waals surface area contributed by atoms with Gasteiger partial charge in [0.25, 0.3) is 0 Å². The highest BCUT2D eigenvalue weighted by atomic mass is 79.9. The number of hydrogen-bond donors (Lipinski definition) is 0. The molecular formula is C16H27BrN2O. The van der Waals surface area contributed by atoms with Crippen molar-refractivity contribution in [2.45, 2.75) is 72.8 Å². The Morgan fingerprint density at radius 2 is 2.00 bits per heavy atom. The third-order valence-electron chi connectivity index (χ3n) is 3.89. The Balaban J connectivity index is 2.85. The van der Waals surface area contributed by atoms with Crippen molar-refractivity contribution in [3.05, 3.63) is 15.9 Å². The number of aromatic nitrogens is 2. The SMILES string of the molecule is CCCCC(CC)C(=O)Cc1c(Br)c(CC)nn1CC. The van der Waals surface area contributed by atoms with Crippen LogP contribution in [0.2, 0.25) is 0 Å². The van der Waals surface area contributed by atoms with Crippen LogP contribution in [0.1, 0.15) is 64.8 Å². The first kappa shape index (κ1) is 17.4. The summed E-state index contributed by atoms with van der Waals surface area (Å²) in [6.45, 7) is 9.26. The van der Waals surface area contributed by atoms with E-state index in [0.717, 1.165) is 54.5 Å². The van der Waals surface area contributed by atoms with Gasteiger partial charge in [0, 0.05) is 18.9 Å². The summed E-state index contributed by atoms with van der Waals surface area (Å²) in [6.07, 6.45) is 5.65. The molecule has 4 heteroatoms. The Kier molecular flexibility index (Phi) is 7.49. The van der Waals surface area contributed by atoms with Gasteiger partial charge in [0.15, 0.2) is 0 Å². The van der Waals surface area contributed by atoms with Gasteiger partial charge in [0.2, 0.25) is 0 Å². The van der Waals surface area contributed by atoms with Crippen molar-refractivity contribution in [1.82, 2.24) is 9.78 Å². The van der Waals surface area contributed by atoms with Gasteiger partial charge in [-0.1, -0.05) is 33.6 Å². The molecule has 1 aromatic heterocycles. The molecule has 0 saturated heterocycles. The minimum atomic E-state index is 0.201. The summed E-state index contributed by atoms with van der Waals surface area (Å²) < 4.78 is 2.99. The van der Waals surface area contributed by atoms with Crippen LogP contribution in [0.5, 0.6) is 0 Å². The Morgan fingerprint density at radius 3 is 2.50 bits per heavy atom. The smallest absolute Gasteiger partial charge is 0.141 e. The van der Waals surface area contributed by atoms with Crippen molar-refractivity contribution in [2.24, 2.45) is 5.92 Å². The highest BCUT2D eigenvalue weighted by Gasteiger charge is 2.21. The van der Waals surface area contributed by atoms with Crippen molar-refractivity contribution in [3.8, 4) is 0 Å². The van der Waals surface area contributed by atoms with Crippen molar-refractivity contribution < 1.29 is 4.79 Å². The molecule has 1 unspecified atom stereocenters. The fraction of sp³-hybridized carbons (Fsp3) is 0.750. The Bertz CT molecular complexity index is 440. The number of carbonyl (C=O) groups is 1. The van der Waals surface area contributed by atoms with Gasteiger partial charge in [-0.15, -0.1) is 0 Å². The summed E-state index contributed by atoms with van der Waals surface area (Å²) >= 11 is 3.62. The largest absolute Gasteiger partial charge is 0.299 e. The van der Waals surface area contributed by atoms with E-state index in [1.165, 1.54) is 0 Å². The molecule has 0 aliphatic heterocycles. The molecule has 1 atom stereocenters. The maximum atomic E-state index is 12.5. The number of Topliss-reactive ketones (excluding diaryl/α,β-unsaturated/α-hetero) is 1. The number of hydrogen-bond acceptors (Lipinski definition) is 2. The molecule has 1 aromatic rings. The standard InChI is InChI=1S/C16H27BrN2O/c1-5-9-10-12(6-2)15(20)11-14-16(17)13(7-3)18-19(14)8-4/h12H,5-11H2,1-4H3. The molecule has 0 bridgehead atoms. The second-order valence-corrected chi connectivity index (χ2v) is 6.06. The molecule has 0 fully saturated rings. The zero-order chi connectivity index (χ0) is 15.1. The quantitative estimate of drug-likeness (QED) is 0.659. The minimum Gasteiger partial charge on any atom is -0.299 e. The van der Waals surface area contributed by atoms with Crippen molar-refractivity contribution in [2.75, 3.05) is 0 Å². The average Bonchev–Trinajstić information content (AvgIpc) is 2.76. The Labute approximate surface area is 131 Å². The number of halogens is 1. The molecule has 1 rings (SSSR count). The van der Waals surface area contributed by atoms with Gasteiger partial charge < -0.3 is 0 Å². The van der Waals surface area contributed by atoms with Crippen LogP contribution < -0.4 is 0 Å². The van der Waals surface area contributed by atoms with E-state index in [0.29, 0.717) is 12.2 Å². The van der Waals surface area contributed by atoms with Crippen LogP contribution >= 0.6 is 15.9 Å². The molecule has 114 valence electrons. The highest BCUT2D eigenvalue weighted by Crippen LogP contribution is 2.25. The van der Waals surface area contributed by atoms with E-state index in [4.69, 9.17) is 0 Å². The number of rotatable bonds is 9. The summed E-state index contributed by atoms with van der Waals surface area (Å²) in [7, 11) is 0. The van der Waals surface area contributed by atoms with Crippen LogP contribution in [-0.2, 0) is 24.2 Å². The predicted molar refractivity (Wildman–Crippen MR) is 87.0 cm³/mol. The summed E-state index contributed by atoms with van der Waals surface area (Å²) in [6, 6.07) is 0. The number of aryl methyl sites for hydroxylation is 2. The fourth-order valence-electron chi connectivity index (χ4n) is 2.54. The lowest BCUT2D eigenvalue weighted by Crippen LogP contribution is -2.18. The molecular weight excluding hydrogens is 316 g/mol. The minimum absolute atomic E-state index is 0.201. The molecule has 0 aliphatic rings. The fourth-order valence-corrected chi connectivity index (χ4v) is 3.24. The van der Waals surface area contributed by atoms with Gasteiger partial charge in [0.05, 0.1) is 15.9 Å². The first-order chi connectivity index (χ1) is 9.58. The average molecular weight is 343 g/mol. The van der Waals surface area contributed by atoms with Gasteiger partial charge in [-0.05, 0) is 42.1 Å². The topological polar surface area (TPSA) is 34.9 Å². The number of unbranched alkanes of at least 4 members (excludes halogenated alkanes) is 1. The molecule has 0 amide bonds. The monoisotopic (exact) mass is 342 g/mol. The first-order valence-electron chi connectivity index (χ1n) is 7.85. The van der Waals surface area contributed by atoms with Crippen molar-refractivity contribution in [3.63, 3.8) is 0 Å². The van der Waals surface area contributed by atoms with Crippen LogP contribution in [0.25, 0.3) is 0 Å². The van der Waals surface area contributed by atoms with Gasteiger partial charge in [-0.25, -0.2) is 0 Å². The zero-order valence-corrected chi connectivity index (χ0v) is 14.8. The number of ketones is 1. The third kappa shape index (κ3) is 4.18. The van der Waals surface area contributed by atoms with Crippen LogP contribution in [-0.4, -0.2) is 15.6 Å². The molecule has 0 aliphatic carbocycles. The summed E-state index contributed by atoms with van der Waals surface area (Å²) in [4.78, 5) is 12.5. The van der Waals surface area contributed by atoms with E-state index in [2.05, 4.69) is 48.7 Å². The number of carbonyl (C=O) groups excluding carboxylic acids is 1. The third-order valence-corrected chi connectivity index (χ3v) is 4.81. The van der Waals surface area contributed by atoms with E-state index in [1.807, 2.05) is 4.68 Å². The second-order valence-electron chi connectivity index (χ2n) is 5.27. The van der Waals surface area contributed by atoms with Crippen molar-refractivity contribution >= 4 is 21.7 Å². The van der Waals surface area contributed by atoms with Gasteiger partial charge in [-0.2, -0.15) is 5.10 Å². The maximum Gasteiger partial charge on any atom is 0.141 e. The molecule has 3 nitrogen and oxygen atoms in total. The van der Waals surface area contributed by atoms with E-state index >= 15 is 0 Å². The van der Waals surface area contributed by atoms with Crippen LogP contribution in [0.15, 0.2) is 4.47 Å². The Morgan fingerprint density at radius 1 is 1.30 bits per heavy atom. The lowest BCUT2D eigenvalue weighted by Gasteiger charge is -2.14. The van der Waals surface area contributed by atoms with Crippen LogP contribution in [0.4, 0.5) is 0 Å². The molecule has 0 saturated carbocycles. The van der Waals surface area contributed by atoms with Gasteiger partial charge >= 0.3 is 0 Å².